The summed E-state index contributed by atoms with van der Waals surface area (Å²) in [5.41, 5.74) is 0. The zero-order valence-corrected chi connectivity index (χ0v) is 8.41. The highest BCUT2D eigenvalue weighted by Gasteiger charge is 2.09. The SMILES string of the molecule is CS(=O)(=O)c1cnc(Cl)c(Cl)c1. The van der Waals surface area contributed by atoms with Gasteiger partial charge in [0.1, 0.15) is 5.15 Å². The molecule has 1 rings (SSSR count). The van der Waals surface area contributed by atoms with Gasteiger partial charge in [0.05, 0.1) is 9.92 Å². The molecule has 1 aromatic heterocycles. The lowest BCUT2D eigenvalue weighted by Gasteiger charge is -1.98. The average molecular weight is 226 g/mol. The van der Waals surface area contributed by atoms with E-state index in [0.717, 1.165) is 6.26 Å². The number of rotatable bonds is 1. The summed E-state index contributed by atoms with van der Waals surface area (Å²) in [6.07, 6.45) is 2.25. The van der Waals surface area contributed by atoms with Crippen LogP contribution >= 0.6 is 23.2 Å². The summed E-state index contributed by atoms with van der Waals surface area (Å²) in [5, 5.41) is 0.239. The standard InChI is InChI=1S/C6H5Cl2NO2S/c1-12(10,11)4-2-5(7)6(8)9-3-4/h2-3H,1H3. The quantitative estimate of drug-likeness (QED) is 0.686. The van der Waals surface area contributed by atoms with Gasteiger partial charge in [-0.2, -0.15) is 0 Å². The van der Waals surface area contributed by atoms with Crippen LogP contribution < -0.4 is 0 Å². The predicted molar refractivity (Wildman–Crippen MR) is 47.4 cm³/mol. The average Bonchev–Trinajstić information content (AvgIpc) is 1.92. The van der Waals surface area contributed by atoms with Crippen LogP contribution in [0.2, 0.25) is 10.2 Å². The van der Waals surface area contributed by atoms with Gasteiger partial charge in [0.25, 0.3) is 0 Å². The Labute approximate surface area is 80.2 Å². The second kappa shape index (κ2) is 3.20. The summed E-state index contributed by atoms with van der Waals surface area (Å²) >= 11 is 11.1. The number of nitrogens with zero attached hydrogens (tertiary/aromatic N) is 1. The van der Waals surface area contributed by atoms with Crippen LogP contribution in [0.3, 0.4) is 0 Å². The van der Waals surface area contributed by atoms with E-state index in [0.29, 0.717) is 0 Å². The predicted octanol–water partition coefficient (Wildman–Crippen LogP) is 1.79. The molecule has 66 valence electrons. The molecule has 0 aliphatic rings. The maximum Gasteiger partial charge on any atom is 0.177 e. The van der Waals surface area contributed by atoms with Gasteiger partial charge >= 0.3 is 0 Å². The molecule has 0 spiro atoms. The van der Waals surface area contributed by atoms with Crippen molar-refractivity contribution in [1.82, 2.24) is 4.98 Å². The molecule has 0 aliphatic heterocycles. The number of hydrogen-bond acceptors (Lipinski definition) is 3. The first kappa shape index (κ1) is 9.77. The molecule has 0 amide bonds. The molecule has 6 heteroatoms. The first-order chi connectivity index (χ1) is 5.41. The van der Waals surface area contributed by atoms with Gasteiger partial charge in [-0.05, 0) is 6.07 Å². The molecular formula is C6H5Cl2NO2S. The van der Waals surface area contributed by atoms with E-state index in [1.165, 1.54) is 12.3 Å². The molecule has 0 radical (unpaired) electrons. The second-order valence-electron chi connectivity index (χ2n) is 2.22. The molecule has 0 saturated carbocycles. The Hall–Kier alpha value is -0.320. The Morgan fingerprint density at radius 2 is 2.00 bits per heavy atom. The van der Waals surface area contributed by atoms with Gasteiger partial charge in [-0.3, -0.25) is 0 Å². The van der Waals surface area contributed by atoms with Crippen LogP contribution in [0.15, 0.2) is 17.2 Å². The minimum Gasteiger partial charge on any atom is -0.242 e. The molecular weight excluding hydrogens is 221 g/mol. The highest BCUT2D eigenvalue weighted by atomic mass is 35.5. The van der Waals surface area contributed by atoms with Crippen molar-refractivity contribution in [3.05, 3.63) is 22.4 Å². The number of aromatic nitrogens is 1. The third-order valence-corrected chi connectivity index (χ3v) is 2.96. The Bertz CT molecular complexity index is 402. The first-order valence-corrected chi connectivity index (χ1v) is 5.57. The van der Waals surface area contributed by atoms with E-state index in [2.05, 4.69) is 4.98 Å². The molecule has 0 bridgehead atoms. The molecule has 0 aromatic carbocycles. The zero-order valence-electron chi connectivity index (χ0n) is 6.08. The fourth-order valence-corrected chi connectivity index (χ4v) is 1.52. The lowest BCUT2D eigenvalue weighted by Crippen LogP contribution is -1.97. The van der Waals surface area contributed by atoms with Crippen LogP contribution in [0.5, 0.6) is 0 Å². The molecule has 0 atom stereocenters. The maximum atomic E-state index is 11.0. The maximum absolute atomic E-state index is 11.0. The largest absolute Gasteiger partial charge is 0.242 e. The topological polar surface area (TPSA) is 47.0 Å². The van der Waals surface area contributed by atoms with E-state index in [4.69, 9.17) is 23.2 Å². The number of halogens is 2. The monoisotopic (exact) mass is 225 g/mol. The molecule has 0 saturated heterocycles. The lowest BCUT2D eigenvalue weighted by atomic mass is 10.5. The molecule has 1 aromatic rings. The van der Waals surface area contributed by atoms with E-state index in [1.807, 2.05) is 0 Å². The highest BCUT2D eigenvalue weighted by Crippen LogP contribution is 2.21. The Kier molecular flexibility index (Phi) is 2.61. The van der Waals surface area contributed by atoms with Gasteiger partial charge < -0.3 is 0 Å². The van der Waals surface area contributed by atoms with Crippen molar-refractivity contribution in [1.29, 1.82) is 0 Å². The van der Waals surface area contributed by atoms with Crippen molar-refractivity contribution in [2.75, 3.05) is 6.26 Å². The Morgan fingerprint density at radius 1 is 1.42 bits per heavy atom. The molecule has 0 fully saturated rings. The number of pyridine rings is 1. The van der Waals surface area contributed by atoms with Crippen LogP contribution in [0.1, 0.15) is 0 Å². The van der Waals surface area contributed by atoms with Crippen LogP contribution in [0.25, 0.3) is 0 Å². The van der Waals surface area contributed by atoms with Gasteiger partial charge in [0, 0.05) is 12.5 Å². The van der Waals surface area contributed by atoms with E-state index in [1.54, 1.807) is 0 Å². The fourth-order valence-electron chi connectivity index (χ4n) is 0.606. The minimum absolute atomic E-state index is 0.0666. The van der Waals surface area contributed by atoms with Crippen molar-refractivity contribution in [2.45, 2.75) is 4.90 Å². The second-order valence-corrected chi connectivity index (χ2v) is 5.00. The van der Waals surface area contributed by atoms with Gasteiger partial charge in [-0.1, -0.05) is 23.2 Å². The molecule has 12 heavy (non-hydrogen) atoms. The zero-order chi connectivity index (χ0) is 9.35. The third-order valence-electron chi connectivity index (χ3n) is 1.20. The van der Waals surface area contributed by atoms with Crippen molar-refractivity contribution >= 4 is 33.0 Å². The molecule has 0 aliphatic carbocycles. The van der Waals surface area contributed by atoms with Crippen LogP contribution in [0.4, 0.5) is 0 Å². The number of sulfone groups is 1. The minimum atomic E-state index is -3.25. The first-order valence-electron chi connectivity index (χ1n) is 2.92. The Morgan fingerprint density at radius 3 is 2.42 bits per heavy atom. The molecule has 0 unspecified atom stereocenters. The van der Waals surface area contributed by atoms with Crippen LogP contribution in [0, 0.1) is 0 Å². The van der Waals surface area contributed by atoms with Gasteiger partial charge in [0.15, 0.2) is 9.84 Å². The smallest absolute Gasteiger partial charge is 0.177 e. The van der Waals surface area contributed by atoms with Crippen LogP contribution in [-0.4, -0.2) is 19.7 Å². The Balaban J connectivity index is 3.33. The van der Waals surface area contributed by atoms with Crippen molar-refractivity contribution in [3.63, 3.8) is 0 Å². The van der Waals surface area contributed by atoms with Crippen molar-refractivity contribution < 1.29 is 8.42 Å². The molecule has 3 nitrogen and oxygen atoms in total. The summed E-state index contributed by atoms with van der Waals surface area (Å²) < 4.78 is 21.9. The summed E-state index contributed by atoms with van der Waals surface area (Å²) in [4.78, 5) is 3.67. The number of hydrogen-bond donors (Lipinski definition) is 0. The summed E-state index contributed by atoms with van der Waals surface area (Å²) in [7, 11) is -3.25. The highest BCUT2D eigenvalue weighted by molar-refractivity contribution is 7.90. The van der Waals surface area contributed by atoms with Gasteiger partial charge in [-0.15, -0.1) is 0 Å². The van der Waals surface area contributed by atoms with Crippen LogP contribution in [-0.2, 0) is 9.84 Å². The fraction of sp³-hybridized carbons (Fsp3) is 0.167. The van der Waals surface area contributed by atoms with Gasteiger partial charge in [-0.25, -0.2) is 13.4 Å². The lowest BCUT2D eigenvalue weighted by molar-refractivity contribution is 0.601. The summed E-state index contributed by atoms with van der Waals surface area (Å²) in [6, 6.07) is 1.27. The normalized spacial score (nSPS) is 11.6. The van der Waals surface area contributed by atoms with Gasteiger partial charge in [0.2, 0.25) is 0 Å². The van der Waals surface area contributed by atoms with Crippen molar-refractivity contribution in [3.8, 4) is 0 Å². The van der Waals surface area contributed by atoms with E-state index in [-0.39, 0.29) is 15.1 Å². The summed E-state index contributed by atoms with van der Waals surface area (Å²) in [6.45, 7) is 0. The molecule has 1 heterocycles. The molecule has 0 N–H and O–H groups in total. The summed E-state index contributed by atoms with van der Waals surface area (Å²) in [5.74, 6) is 0. The van der Waals surface area contributed by atoms with E-state index < -0.39 is 9.84 Å². The van der Waals surface area contributed by atoms with Crippen molar-refractivity contribution in [2.24, 2.45) is 0 Å². The third kappa shape index (κ3) is 2.09. The van der Waals surface area contributed by atoms with E-state index in [9.17, 15) is 8.42 Å². The van der Waals surface area contributed by atoms with E-state index >= 15 is 0 Å².